The highest BCUT2D eigenvalue weighted by molar-refractivity contribution is 6.30. The monoisotopic (exact) mass is 295 g/mol. The Morgan fingerprint density at radius 3 is 2.75 bits per heavy atom. The number of benzene rings is 2. The van der Waals surface area contributed by atoms with Gasteiger partial charge in [0.15, 0.2) is 0 Å². The molecule has 2 rings (SSSR count). The zero-order valence-corrected chi connectivity index (χ0v) is 11.5. The number of hydrogen-bond acceptors (Lipinski definition) is 3. The molecule has 2 aromatic carbocycles. The molecule has 1 atom stereocenters. The van der Waals surface area contributed by atoms with Crippen LogP contribution in [0.15, 0.2) is 48.5 Å². The molecule has 0 amide bonds. The highest BCUT2D eigenvalue weighted by atomic mass is 35.5. The smallest absolute Gasteiger partial charge is 0.125 e. The van der Waals surface area contributed by atoms with Crippen molar-refractivity contribution in [3.8, 4) is 5.75 Å². The van der Waals surface area contributed by atoms with Crippen LogP contribution in [-0.2, 0) is 0 Å². The first-order chi connectivity index (χ1) is 9.63. The fourth-order valence-electron chi connectivity index (χ4n) is 1.64. The maximum Gasteiger partial charge on any atom is 0.125 e. The molecule has 2 aromatic rings. The first kappa shape index (κ1) is 14.6. The van der Waals surface area contributed by atoms with Gasteiger partial charge in [-0.15, -0.1) is 0 Å². The largest absolute Gasteiger partial charge is 0.491 e. The zero-order chi connectivity index (χ0) is 14.4. The van der Waals surface area contributed by atoms with Gasteiger partial charge in [0.2, 0.25) is 0 Å². The van der Waals surface area contributed by atoms with Gasteiger partial charge in [0.05, 0.1) is 0 Å². The number of aliphatic hydroxyl groups excluding tert-OH is 1. The van der Waals surface area contributed by atoms with Crippen LogP contribution < -0.4 is 10.1 Å². The van der Waals surface area contributed by atoms with E-state index in [1.165, 1.54) is 12.1 Å². The van der Waals surface area contributed by atoms with Crippen molar-refractivity contribution in [3.05, 3.63) is 59.4 Å². The lowest BCUT2D eigenvalue weighted by Crippen LogP contribution is -2.26. The first-order valence-corrected chi connectivity index (χ1v) is 6.57. The van der Waals surface area contributed by atoms with Gasteiger partial charge >= 0.3 is 0 Å². The normalized spacial score (nSPS) is 11.9. The van der Waals surface area contributed by atoms with Crippen LogP contribution in [0.2, 0.25) is 5.02 Å². The maximum absolute atomic E-state index is 13.0. The Morgan fingerprint density at radius 2 is 2.00 bits per heavy atom. The van der Waals surface area contributed by atoms with E-state index in [1.54, 1.807) is 36.4 Å². The lowest BCUT2D eigenvalue weighted by atomic mass is 10.3. The van der Waals surface area contributed by atoms with Gasteiger partial charge in [0.25, 0.3) is 0 Å². The molecule has 0 saturated heterocycles. The summed E-state index contributed by atoms with van der Waals surface area (Å²) in [5.41, 5.74) is 0.617. The van der Waals surface area contributed by atoms with Crippen molar-refractivity contribution in [2.75, 3.05) is 18.5 Å². The molecule has 0 aliphatic heterocycles. The van der Waals surface area contributed by atoms with Crippen molar-refractivity contribution in [2.45, 2.75) is 6.10 Å². The van der Waals surface area contributed by atoms with Crippen LogP contribution in [0.5, 0.6) is 5.75 Å². The molecule has 0 bridgehead atoms. The van der Waals surface area contributed by atoms with Crippen LogP contribution in [0.1, 0.15) is 0 Å². The van der Waals surface area contributed by atoms with Crippen molar-refractivity contribution >= 4 is 17.3 Å². The van der Waals surface area contributed by atoms with E-state index in [0.717, 1.165) is 0 Å². The fourth-order valence-corrected chi connectivity index (χ4v) is 1.82. The molecule has 0 spiro atoms. The first-order valence-electron chi connectivity index (χ1n) is 6.19. The number of anilines is 1. The topological polar surface area (TPSA) is 41.5 Å². The Morgan fingerprint density at radius 1 is 1.20 bits per heavy atom. The highest BCUT2D eigenvalue weighted by Gasteiger charge is 2.06. The molecule has 0 fully saturated rings. The molecule has 0 aliphatic rings. The Labute approximate surface area is 122 Å². The lowest BCUT2D eigenvalue weighted by molar-refractivity contribution is 0.117. The Hall–Kier alpha value is -1.78. The molecule has 0 aromatic heterocycles. The summed E-state index contributed by atoms with van der Waals surface area (Å²) in [6.07, 6.45) is -0.711. The van der Waals surface area contributed by atoms with Crippen molar-refractivity contribution < 1.29 is 14.2 Å². The van der Waals surface area contributed by atoms with Gasteiger partial charge in [-0.3, -0.25) is 0 Å². The molecule has 2 N–H and O–H groups in total. The minimum absolute atomic E-state index is 0.128. The van der Waals surface area contributed by atoms with E-state index in [0.29, 0.717) is 16.5 Å². The highest BCUT2D eigenvalue weighted by Crippen LogP contribution is 2.17. The van der Waals surface area contributed by atoms with Crippen LogP contribution >= 0.6 is 11.6 Å². The summed E-state index contributed by atoms with van der Waals surface area (Å²) in [6.45, 7) is 0.396. The van der Waals surface area contributed by atoms with E-state index in [2.05, 4.69) is 5.32 Å². The van der Waals surface area contributed by atoms with E-state index < -0.39 is 6.10 Å². The van der Waals surface area contributed by atoms with E-state index >= 15 is 0 Å². The van der Waals surface area contributed by atoms with Gasteiger partial charge in [-0.1, -0.05) is 23.7 Å². The van der Waals surface area contributed by atoms with Gasteiger partial charge < -0.3 is 15.2 Å². The van der Waals surface area contributed by atoms with E-state index in [4.69, 9.17) is 16.3 Å². The maximum atomic E-state index is 13.0. The van der Waals surface area contributed by atoms with Crippen LogP contribution in [0, 0.1) is 5.82 Å². The van der Waals surface area contributed by atoms with Gasteiger partial charge in [0, 0.05) is 17.3 Å². The van der Waals surface area contributed by atoms with Gasteiger partial charge in [-0.25, -0.2) is 4.39 Å². The third-order valence-corrected chi connectivity index (χ3v) is 2.84. The van der Waals surface area contributed by atoms with Gasteiger partial charge in [0.1, 0.15) is 24.3 Å². The second kappa shape index (κ2) is 7.12. The van der Waals surface area contributed by atoms with Crippen LogP contribution in [-0.4, -0.2) is 24.4 Å². The third kappa shape index (κ3) is 4.72. The van der Waals surface area contributed by atoms with Crippen LogP contribution in [0.4, 0.5) is 10.1 Å². The van der Waals surface area contributed by atoms with Crippen molar-refractivity contribution in [2.24, 2.45) is 0 Å². The molecule has 5 heteroatoms. The summed E-state index contributed by atoms with van der Waals surface area (Å²) in [6, 6.07) is 13.0. The second-order valence-electron chi connectivity index (χ2n) is 4.31. The average molecular weight is 296 g/mol. The molecule has 0 aliphatic carbocycles. The average Bonchev–Trinajstić information content (AvgIpc) is 2.43. The van der Waals surface area contributed by atoms with Crippen molar-refractivity contribution in [1.29, 1.82) is 0 Å². The summed E-state index contributed by atoms with van der Waals surface area (Å²) in [7, 11) is 0. The molecular weight excluding hydrogens is 281 g/mol. The quantitative estimate of drug-likeness (QED) is 0.859. The standard InChI is InChI=1S/C15H15ClFNO2/c16-11-3-1-6-15(7-11)20-10-14(19)9-18-13-5-2-4-12(17)8-13/h1-8,14,18-19H,9-10H2. The number of aliphatic hydroxyl groups is 1. The fraction of sp³-hybridized carbons (Fsp3) is 0.200. The van der Waals surface area contributed by atoms with E-state index in [1.807, 2.05) is 0 Å². The summed E-state index contributed by atoms with van der Waals surface area (Å²) >= 11 is 5.83. The molecular formula is C15H15ClFNO2. The van der Waals surface area contributed by atoms with Crippen LogP contribution in [0.3, 0.4) is 0 Å². The molecule has 1 unspecified atom stereocenters. The predicted octanol–water partition coefficient (Wildman–Crippen LogP) is 3.33. The number of hydrogen-bond donors (Lipinski definition) is 2. The molecule has 3 nitrogen and oxygen atoms in total. The molecule has 0 radical (unpaired) electrons. The van der Waals surface area contributed by atoms with Crippen molar-refractivity contribution in [1.82, 2.24) is 0 Å². The van der Waals surface area contributed by atoms with Gasteiger partial charge in [-0.05, 0) is 36.4 Å². The number of ether oxygens (including phenoxy) is 1. The minimum atomic E-state index is -0.711. The summed E-state index contributed by atoms with van der Waals surface area (Å²) in [4.78, 5) is 0. The van der Waals surface area contributed by atoms with E-state index in [9.17, 15) is 9.50 Å². The zero-order valence-electron chi connectivity index (χ0n) is 10.7. The Kier molecular flexibility index (Phi) is 5.21. The molecule has 0 heterocycles. The SMILES string of the molecule is OC(CNc1cccc(F)c1)COc1cccc(Cl)c1. The second-order valence-corrected chi connectivity index (χ2v) is 4.75. The lowest BCUT2D eigenvalue weighted by Gasteiger charge is -2.14. The summed E-state index contributed by atoms with van der Waals surface area (Å²) in [5.74, 6) is 0.280. The Bertz CT molecular complexity index is 516. The summed E-state index contributed by atoms with van der Waals surface area (Å²) < 4.78 is 18.4. The number of halogens is 2. The predicted molar refractivity (Wildman–Crippen MR) is 77.8 cm³/mol. The Balaban J connectivity index is 1.77. The number of nitrogens with one attached hydrogen (secondary N) is 1. The minimum Gasteiger partial charge on any atom is -0.491 e. The van der Waals surface area contributed by atoms with Gasteiger partial charge in [-0.2, -0.15) is 0 Å². The molecule has 20 heavy (non-hydrogen) atoms. The third-order valence-electron chi connectivity index (χ3n) is 2.60. The number of rotatable bonds is 6. The molecule has 106 valence electrons. The van der Waals surface area contributed by atoms with Crippen LogP contribution in [0.25, 0.3) is 0 Å². The van der Waals surface area contributed by atoms with Crippen molar-refractivity contribution in [3.63, 3.8) is 0 Å². The summed E-state index contributed by atoms with van der Waals surface area (Å²) in [5, 5.41) is 13.3. The molecule has 0 saturated carbocycles. The van der Waals surface area contributed by atoms with E-state index in [-0.39, 0.29) is 19.0 Å².